The molecule has 0 aliphatic rings. The van der Waals surface area contributed by atoms with Crippen molar-refractivity contribution in [2.24, 2.45) is 5.73 Å². The minimum Gasteiger partial charge on any atom is -0.497 e. The van der Waals surface area contributed by atoms with E-state index >= 15 is 0 Å². The summed E-state index contributed by atoms with van der Waals surface area (Å²) in [6.07, 6.45) is 1.80. The summed E-state index contributed by atoms with van der Waals surface area (Å²) in [5.41, 5.74) is 7.76. The van der Waals surface area contributed by atoms with Gasteiger partial charge in [-0.15, -0.1) is 16.8 Å². The number of allylic oxidation sites excluding steroid dienone is 1. The third kappa shape index (κ3) is 4.20. The number of aromatic nitrogens is 3. The van der Waals surface area contributed by atoms with Crippen LogP contribution in [0, 0.1) is 0 Å². The number of nitrogens with zero attached hydrogens (tertiary/aromatic N) is 3. The van der Waals surface area contributed by atoms with Crippen LogP contribution in [0.1, 0.15) is 15.9 Å². The van der Waals surface area contributed by atoms with Crippen LogP contribution in [0.15, 0.2) is 66.3 Å². The largest absolute Gasteiger partial charge is 0.497 e. The number of rotatable bonds is 8. The molecular weight excluding hydrogens is 360 g/mol. The van der Waals surface area contributed by atoms with Gasteiger partial charge in [-0.1, -0.05) is 48.2 Å². The number of primary amides is 1. The molecule has 2 N–H and O–H groups in total. The lowest BCUT2D eigenvalue weighted by atomic mass is 10.1. The molecule has 0 unspecified atom stereocenters. The molecule has 0 radical (unpaired) electrons. The van der Waals surface area contributed by atoms with E-state index in [1.165, 1.54) is 11.8 Å². The van der Waals surface area contributed by atoms with E-state index in [0.29, 0.717) is 17.9 Å². The second kappa shape index (κ2) is 8.55. The number of amides is 1. The maximum Gasteiger partial charge on any atom is 0.249 e. The standard InChI is InChI=1S/C20H20N4O2S/c1-3-11-24-19(14-8-6-9-16(12-14)26-2)22-23-20(24)27-13-15-7-4-5-10-17(15)18(21)25/h3-10,12H,1,11,13H2,2H3,(H2,21,25). The van der Waals surface area contributed by atoms with Gasteiger partial charge in [-0.25, -0.2) is 0 Å². The lowest BCUT2D eigenvalue weighted by Crippen LogP contribution is -2.13. The number of nitrogens with two attached hydrogens (primary N) is 1. The van der Waals surface area contributed by atoms with Gasteiger partial charge in [-0.3, -0.25) is 9.36 Å². The van der Waals surface area contributed by atoms with Gasteiger partial charge in [0.15, 0.2) is 11.0 Å². The lowest BCUT2D eigenvalue weighted by Gasteiger charge is -2.09. The fraction of sp³-hybridized carbons (Fsp3) is 0.150. The molecule has 3 rings (SSSR count). The number of ether oxygens (including phenoxy) is 1. The smallest absolute Gasteiger partial charge is 0.249 e. The van der Waals surface area contributed by atoms with Gasteiger partial charge in [-0.2, -0.15) is 0 Å². The van der Waals surface area contributed by atoms with Crippen molar-refractivity contribution in [1.82, 2.24) is 14.8 Å². The summed E-state index contributed by atoms with van der Waals surface area (Å²) in [5.74, 6) is 1.62. The molecular formula is C20H20N4O2S. The van der Waals surface area contributed by atoms with Crippen LogP contribution in [0.4, 0.5) is 0 Å². The molecule has 6 nitrogen and oxygen atoms in total. The Kier molecular flexibility index (Phi) is 5.93. The number of hydrogen-bond acceptors (Lipinski definition) is 5. The number of hydrogen-bond donors (Lipinski definition) is 1. The first-order valence-corrected chi connectivity index (χ1v) is 9.31. The van der Waals surface area contributed by atoms with E-state index in [1.54, 1.807) is 25.3 Å². The molecule has 0 aliphatic carbocycles. The minimum absolute atomic E-state index is 0.434. The molecule has 138 valence electrons. The Bertz CT molecular complexity index is 968. The van der Waals surface area contributed by atoms with Gasteiger partial charge in [0.25, 0.3) is 0 Å². The molecule has 0 saturated heterocycles. The van der Waals surface area contributed by atoms with Gasteiger partial charge >= 0.3 is 0 Å². The quantitative estimate of drug-likeness (QED) is 0.477. The fourth-order valence-electron chi connectivity index (χ4n) is 2.69. The number of carbonyl (C=O) groups excluding carboxylic acids is 1. The number of benzene rings is 2. The van der Waals surface area contributed by atoms with Gasteiger partial charge in [-0.05, 0) is 23.8 Å². The van der Waals surface area contributed by atoms with Crippen LogP contribution in [0.25, 0.3) is 11.4 Å². The Balaban J connectivity index is 1.90. The van der Waals surface area contributed by atoms with Crippen molar-refractivity contribution in [3.8, 4) is 17.1 Å². The van der Waals surface area contributed by atoms with E-state index in [-0.39, 0.29) is 0 Å². The molecule has 1 amide bonds. The second-order valence-electron chi connectivity index (χ2n) is 5.75. The predicted octanol–water partition coefficient (Wildman–Crippen LogP) is 3.53. The molecule has 0 atom stereocenters. The zero-order chi connectivity index (χ0) is 19.2. The van der Waals surface area contributed by atoms with E-state index in [0.717, 1.165) is 27.9 Å². The summed E-state index contributed by atoms with van der Waals surface area (Å²) in [5, 5.41) is 9.42. The summed E-state index contributed by atoms with van der Waals surface area (Å²) in [6.45, 7) is 4.40. The van der Waals surface area contributed by atoms with E-state index in [9.17, 15) is 4.79 Å². The van der Waals surface area contributed by atoms with Crippen LogP contribution < -0.4 is 10.5 Å². The zero-order valence-electron chi connectivity index (χ0n) is 15.0. The van der Waals surface area contributed by atoms with E-state index in [4.69, 9.17) is 10.5 Å². The van der Waals surface area contributed by atoms with E-state index in [1.807, 2.05) is 41.0 Å². The highest BCUT2D eigenvalue weighted by Crippen LogP contribution is 2.29. The van der Waals surface area contributed by atoms with Crippen molar-refractivity contribution < 1.29 is 9.53 Å². The van der Waals surface area contributed by atoms with Gasteiger partial charge in [0, 0.05) is 23.4 Å². The number of carbonyl (C=O) groups is 1. The Morgan fingerprint density at radius 1 is 1.26 bits per heavy atom. The fourth-order valence-corrected chi connectivity index (χ4v) is 3.65. The average molecular weight is 380 g/mol. The molecule has 1 aromatic heterocycles. The first kappa shape index (κ1) is 18.7. The maximum absolute atomic E-state index is 11.6. The minimum atomic E-state index is -0.434. The summed E-state index contributed by atoms with van der Waals surface area (Å²) in [6, 6.07) is 15.0. The van der Waals surface area contributed by atoms with Crippen molar-refractivity contribution in [3.05, 3.63) is 72.3 Å². The number of methoxy groups -OCH3 is 1. The van der Waals surface area contributed by atoms with Crippen LogP contribution in [0.2, 0.25) is 0 Å². The van der Waals surface area contributed by atoms with Gasteiger partial charge < -0.3 is 10.5 Å². The first-order chi connectivity index (χ1) is 13.1. The van der Waals surface area contributed by atoms with Crippen LogP contribution in [-0.4, -0.2) is 27.8 Å². The summed E-state index contributed by atoms with van der Waals surface area (Å²) in [4.78, 5) is 11.6. The van der Waals surface area contributed by atoms with Crippen molar-refractivity contribution in [3.63, 3.8) is 0 Å². The van der Waals surface area contributed by atoms with E-state index < -0.39 is 5.91 Å². The Hall–Kier alpha value is -3.06. The molecule has 2 aromatic carbocycles. The van der Waals surface area contributed by atoms with Crippen molar-refractivity contribution in [2.75, 3.05) is 7.11 Å². The normalized spacial score (nSPS) is 10.6. The van der Waals surface area contributed by atoms with Crippen molar-refractivity contribution in [1.29, 1.82) is 0 Å². The molecule has 27 heavy (non-hydrogen) atoms. The molecule has 7 heteroatoms. The van der Waals surface area contributed by atoms with Crippen LogP contribution in [-0.2, 0) is 12.3 Å². The SMILES string of the molecule is C=CCn1c(SCc2ccccc2C(N)=O)nnc1-c1cccc(OC)c1. The zero-order valence-corrected chi connectivity index (χ0v) is 15.8. The van der Waals surface area contributed by atoms with Crippen LogP contribution in [0.3, 0.4) is 0 Å². The molecule has 1 heterocycles. The summed E-state index contributed by atoms with van der Waals surface area (Å²) in [7, 11) is 1.63. The van der Waals surface area contributed by atoms with Gasteiger partial charge in [0.2, 0.25) is 5.91 Å². The highest BCUT2D eigenvalue weighted by Gasteiger charge is 2.15. The van der Waals surface area contributed by atoms with Crippen molar-refractivity contribution >= 4 is 17.7 Å². The molecule has 0 saturated carbocycles. The maximum atomic E-state index is 11.6. The molecule has 0 spiro atoms. The average Bonchev–Trinajstić information content (AvgIpc) is 3.09. The van der Waals surface area contributed by atoms with Gasteiger partial charge in [0.05, 0.1) is 7.11 Å². The summed E-state index contributed by atoms with van der Waals surface area (Å²) >= 11 is 1.50. The Labute approximate surface area is 162 Å². The third-order valence-corrected chi connectivity index (χ3v) is 5.01. The highest BCUT2D eigenvalue weighted by molar-refractivity contribution is 7.98. The monoisotopic (exact) mass is 380 g/mol. The first-order valence-electron chi connectivity index (χ1n) is 8.33. The molecule has 0 fully saturated rings. The predicted molar refractivity (Wildman–Crippen MR) is 107 cm³/mol. The molecule has 0 bridgehead atoms. The Morgan fingerprint density at radius 2 is 2.07 bits per heavy atom. The molecule has 3 aromatic rings. The van der Waals surface area contributed by atoms with Gasteiger partial charge in [0.1, 0.15) is 5.75 Å². The lowest BCUT2D eigenvalue weighted by molar-refractivity contribution is 0.0999. The molecule has 0 aliphatic heterocycles. The third-order valence-electron chi connectivity index (χ3n) is 4.00. The summed E-state index contributed by atoms with van der Waals surface area (Å²) < 4.78 is 7.28. The van der Waals surface area contributed by atoms with Crippen LogP contribution >= 0.6 is 11.8 Å². The second-order valence-corrected chi connectivity index (χ2v) is 6.69. The van der Waals surface area contributed by atoms with E-state index in [2.05, 4.69) is 16.8 Å². The number of thioether (sulfide) groups is 1. The van der Waals surface area contributed by atoms with Crippen LogP contribution in [0.5, 0.6) is 5.75 Å². The Morgan fingerprint density at radius 3 is 2.81 bits per heavy atom. The highest BCUT2D eigenvalue weighted by atomic mass is 32.2. The topological polar surface area (TPSA) is 83.0 Å². The van der Waals surface area contributed by atoms with Crippen molar-refractivity contribution in [2.45, 2.75) is 17.5 Å².